The quantitative estimate of drug-likeness (QED) is 0.800. The average molecular weight is 326 g/mol. The molecule has 0 spiro atoms. The molecule has 1 nitrogen and oxygen atoms in total. The van der Waals surface area contributed by atoms with E-state index in [4.69, 9.17) is 0 Å². The highest BCUT2D eigenvalue weighted by Gasteiger charge is 2.04. The Bertz CT molecular complexity index is 545. The van der Waals surface area contributed by atoms with Crippen LogP contribution in [-0.4, -0.2) is 6.26 Å². The molecule has 0 saturated heterocycles. The van der Waals surface area contributed by atoms with Crippen LogP contribution in [0.15, 0.2) is 51.8 Å². The van der Waals surface area contributed by atoms with Crippen LogP contribution in [0.2, 0.25) is 0 Å². The van der Waals surface area contributed by atoms with Crippen molar-refractivity contribution in [1.29, 1.82) is 0 Å². The zero-order valence-corrected chi connectivity index (χ0v) is 12.3. The van der Waals surface area contributed by atoms with Gasteiger partial charge in [0.05, 0.1) is 0 Å². The van der Waals surface area contributed by atoms with E-state index in [9.17, 15) is 4.39 Å². The summed E-state index contributed by atoms with van der Waals surface area (Å²) < 4.78 is 14.5. The van der Waals surface area contributed by atoms with Gasteiger partial charge in [0.25, 0.3) is 0 Å². The predicted molar refractivity (Wildman–Crippen MR) is 79.6 cm³/mol. The minimum atomic E-state index is -0.188. The number of halogens is 2. The first kappa shape index (κ1) is 13.4. The summed E-state index contributed by atoms with van der Waals surface area (Å²) in [6.07, 6.45) is 2.03. The first-order valence-corrected chi connectivity index (χ1v) is 7.53. The standard InChI is InChI=1S/C14H13BrFNS/c1-18-14-5-3-2-4-13(14)17-9-10-8-11(15)6-7-12(10)16/h2-8,17H,9H2,1H3. The Labute approximate surface area is 119 Å². The van der Waals surface area contributed by atoms with Gasteiger partial charge in [-0.1, -0.05) is 28.1 Å². The maximum absolute atomic E-state index is 13.6. The molecular weight excluding hydrogens is 313 g/mol. The smallest absolute Gasteiger partial charge is 0.128 e. The van der Waals surface area contributed by atoms with Crippen molar-refractivity contribution in [2.45, 2.75) is 11.4 Å². The number of anilines is 1. The Hall–Kier alpha value is -1.00. The van der Waals surface area contributed by atoms with Crippen LogP contribution in [0, 0.1) is 5.82 Å². The second-order valence-corrected chi connectivity index (χ2v) is 5.55. The van der Waals surface area contributed by atoms with E-state index in [-0.39, 0.29) is 5.82 Å². The van der Waals surface area contributed by atoms with Gasteiger partial charge in [0.15, 0.2) is 0 Å². The zero-order valence-electron chi connectivity index (χ0n) is 9.91. The van der Waals surface area contributed by atoms with Crippen molar-refractivity contribution in [2.75, 3.05) is 11.6 Å². The van der Waals surface area contributed by atoms with E-state index in [1.807, 2.05) is 30.5 Å². The number of hydrogen-bond donors (Lipinski definition) is 1. The molecule has 0 aliphatic rings. The van der Waals surface area contributed by atoms with E-state index in [2.05, 4.69) is 21.2 Å². The van der Waals surface area contributed by atoms with Gasteiger partial charge in [0.2, 0.25) is 0 Å². The van der Waals surface area contributed by atoms with E-state index in [1.54, 1.807) is 23.9 Å². The molecule has 1 N–H and O–H groups in total. The Kier molecular flexibility index (Phi) is 4.66. The maximum atomic E-state index is 13.6. The van der Waals surface area contributed by atoms with E-state index in [1.165, 1.54) is 6.07 Å². The molecule has 94 valence electrons. The molecule has 2 aromatic carbocycles. The van der Waals surface area contributed by atoms with Crippen LogP contribution in [0.4, 0.5) is 10.1 Å². The van der Waals surface area contributed by atoms with Gasteiger partial charge in [0, 0.05) is 27.2 Å². The Morgan fingerprint density at radius 3 is 2.78 bits per heavy atom. The Morgan fingerprint density at radius 2 is 2.00 bits per heavy atom. The summed E-state index contributed by atoms with van der Waals surface area (Å²) in [6.45, 7) is 0.475. The second-order valence-electron chi connectivity index (χ2n) is 3.79. The SMILES string of the molecule is CSc1ccccc1NCc1cc(Br)ccc1F. The maximum Gasteiger partial charge on any atom is 0.128 e. The Morgan fingerprint density at radius 1 is 1.22 bits per heavy atom. The lowest BCUT2D eigenvalue weighted by Crippen LogP contribution is -2.02. The number of thioether (sulfide) groups is 1. The van der Waals surface area contributed by atoms with Crippen molar-refractivity contribution in [3.8, 4) is 0 Å². The fourth-order valence-electron chi connectivity index (χ4n) is 1.66. The van der Waals surface area contributed by atoms with Crippen molar-refractivity contribution in [1.82, 2.24) is 0 Å². The van der Waals surface area contributed by atoms with Crippen molar-refractivity contribution < 1.29 is 4.39 Å². The molecule has 0 radical (unpaired) electrons. The largest absolute Gasteiger partial charge is 0.380 e. The predicted octanol–water partition coefficient (Wildman–Crippen LogP) is 4.92. The molecule has 4 heteroatoms. The van der Waals surface area contributed by atoms with Crippen molar-refractivity contribution >= 4 is 33.4 Å². The van der Waals surface area contributed by atoms with Crippen LogP contribution in [0.1, 0.15) is 5.56 Å². The monoisotopic (exact) mass is 325 g/mol. The summed E-state index contributed by atoms with van der Waals surface area (Å²) in [6, 6.07) is 13.0. The number of hydrogen-bond acceptors (Lipinski definition) is 2. The summed E-state index contributed by atoms with van der Waals surface area (Å²) >= 11 is 5.02. The van der Waals surface area contributed by atoms with Gasteiger partial charge in [-0.3, -0.25) is 0 Å². The lowest BCUT2D eigenvalue weighted by atomic mass is 10.2. The number of nitrogens with one attached hydrogen (secondary N) is 1. The molecular formula is C14H13BrFNS. The summed E-state index contributed by atoms with van der Waals surface area (Å²) in [5.74, 6) is -0.188. The van der Waals surface area contributed by atoms with Crippen molar-refractivity contribution in [2.24, 2.45) is 0 Å². The molecule has 0 heterocycles. The van der Waals surface area contributed by atoms with Gasteiger partial charge < -0.3 is 5.32 Å². The summed E-state index contributed by atoms with van der Waals surface area (Å²) in [7, 11) is 0. The first-order valence-electron chi connectivity index (χ1n) is 5.51. The molecule has 18 heavy (non-hydrogen) atoms. The van der Waals surface area contributed by atoms with Crippen LogP contribution in [-0.2, 0) is 6.54 Å². The van der Waals surface area contributed by atoms with Crippen LogP contribution in [0.25, 0.3) is 0 Å². The third-order valence-corrected chi connectivity index (χ3v) is 3.87. The number of para-hydroxylation sites is 1. The third-order valence-electron chi connectivity index (χ3n) is 2.58. The molecule has 0 aliphatic carbocycles. The first-order chi connectivity index (χ1) is 8.70. The Balaban J connectivity index is 2.14. The van der Waals surface area contributed by atoms with E-state index >= 15 is 0 Å². The molecule has 0 unspecified atom stereocenters. The summed E-state index contributed by atoms with van der Waals surface area (Å²) in [5.41, 5.74) is 1.68. The van der Waals surface area contributed by atoms with Crippen LogP contribution < -0.4 is 5.32 Å². The van der Waals surface area contributed by atoms with E-state index < -0.39 is 0 Å². The lowest BCUT2D eigenvalue weighted by Gasteiger charge is -2.11. The van der Waals surface area contributed by atoms with E-state index in [0.717, 1.165) is 15.1 Å². The summed E-state index contributed by atoms with van der Waals surface area (Å²) in [5, 5.41) is 3.27. The van der Waals surface area contributed by atoms with Gasteiger partial charge in [-0.05, 0) is 36.6 Å². The molecule has 0 aliphatic heterocycles. The number of benzene rings is 2. The third kappa shape index (κ3) is 3.27. The molecule has 2 rings (SSSR count). The van der Waals surface area contributed by atoms with Gasteiger partial charge in [-0.2, -0.15) is 0 Å². The van der Waals surface area contributed by atoms with E-state index in [0.29, 0.717) is 12.1 Å². The minimum Gasteiger partial charge on any atom is -0.380 e. The highest BCUT2D eigenvalue weighted by molar-refractivity contribution is 9.10. The van der Waals surface area contributed by atoms with Crippen LogP contribution in [0.3, 0.4) is 0 Å². The second kappa shape index (κ2) is 6.25. The fraction of sp³-hybridized carbons (Fsp3) is 0.143. The highest BCUT2D eigenvalue weighted by Crippen LogP contribution is 2.25. The molecule has 0 aromatic heterocycles. The zero-order chi connectivity index (χ0) is 13.0. The molecule has 0 fully saturated rings. The lowest BCUT2D eigenvalue weighted by molar-refractivity contribution is 0.612. The molecule has 0 atom stereocenters. The normalized spacial score (nSPS) is 10.4. The van der Waals surface area contributed by atoms with Crippen molar-refractivity contribution in [3.63, 3.8) is 0 Å². The molecule has 2 aromatic rings. The summed E-state index contributed by atoms with van der Waals surface area (Å²) in [4.78, 5) is 1.16. The van der Waals surface area contributed by atoms with Gasteiger partial charge in [0.1, 0.15) is 5.82 Å². The van der Waals surface area contributed by atoms with Gasteiger partial charge in [-0.15, -0.1) is 11.8 Å². The van der Waals surface area contributed by atoms with Crippen molar-refractivity contribution in [3.05, 3.63) is 58.3 Å². The topological polar surface area (TPSA) is 12.0 Å². The highest BCUT2D eigenvalue weighted by atomic mass is 79.9. The number of rotatable bonds is 4. The fourth-order valence-corrected chi connectivity index (χ4v) is 2.64. The van der Waals surface area contributed by atoms with Gasteiger partial charge >= 0.3 is 0 Å². The molecule has 0 bridgehead atoms. The van der Waals surface area contributed by atoms with Crippen LogP contribution in [0.5, 0.6) is 0 Å². The minimum absolute atomic E-state index is 0.188. The molecule has 0 amide bonds. The average Bonchev–Trinajstić information content (AvgIpc) is 2.40. The van der Waals surface area contributed by atoms with Crippen LogP contribution >= 0.6 is 27.7 Å². The van der Waals surface area contributed by atoms with Gasteiger partial charge in [-0.25, -0.2) is 4.39 Å². The molecule has 0 saturated carbocycles.